The summed E-state index contributed by atoms with van der Waals surface area (Å²) in [5.74, 6) is -0.882. The van der Waals surface area contributed by atoms with Crippen LogP contribution in [0.1, 0.15) is 28.4 Å². The molecule has 0 aromatic heterocycles. The van der Waals surface area contributed by atoms with Crippen molar-refractivity contribution in [2.24, 2.45) is 0 Å². The van der Waals surface area contributed by atoms with Gasteiger partial charge in [-0.2, -0.15) is 0 Å². The summed E-state index contributed by atoms with van der Waals surface area (Å²) in [7, 11) is 0. The summed E-state index contributed by atoms with van der Waals surface area (Å²) >= 11 is 0. The van der Waals surface area contributed by atoms with Crippen LogP contribution in [0, 0.1) is 0 Å². The molecule has 1 saturated heterocycles. The number of carbonyl (C=O) groups excluding carboxylic acids is 1. The fourth-order valence-electron chi connectivity index (χ4n) is 3.80. The molecule has 12 nitrogen and oxygen atoms in total. The number of hydrogen-bond donors (Lipinski definition) is 6. The molecule has 0 radical (unpaired) electrons. The van der Waals surface area contributed by atoms with Crippen LogP contribution in [0.4, 0.5) is 4.79 Å². The minimum Gasteiger partial charge on any atom is -0.508 e. The van der Waals surface area contributed by atoms with Crippen LogP contribution in [0.15, 0.2) is 36.4 Å². The van der Waals surface area contributed by atoms with Gasteiger partial charge in [0.1, 0.15) is 65.7 Å². The van der Waals surface area contributed by atoms with E-state index in [1.54, 1.807) is 12.1 Å². The number of carboxylic acid groups (broad SMARTS) is 1. The molecule has 2 aliphatic rings. The van der Waals surface area contributed by atoms with E-state index in [9.17, 15) is 35.1 Å². The Labute approximate surface area is 192 Å². The van der Waals surface area contributed by atoms with E-state index in [0.29, 0.717) is 5.56 Å². The van der Waals surface area contributed by atoms with Crippen LogP contribution in [0.25, 0.3) is 0 Å². The second-order valence-electron chi connectivity index (χ2n) is 7.85. The van der Waals surface area contributed by atoms with Gasteiger partial charge in [-0.15, -0.1) is 0 Å². The van der Waals surface area contributed by atoms with Crippen LogP contribution in [0.3, 0.4) is 0 Å². The predicted molar refractivity (Wildman–Crippen MR) is 110 cm³/mol. The molecular formula is C22H22O12. The number of ketones is 1. The van der Waals surface area contributed by atoms with Crippen molar-refractivity contribution in [1.29, 1.82) is 0 Å². The van der Waals surface area contributed by atoms with Crippen LogP contribution in [0.5, 0.6) is 23.0 Å². The second kappa shape index (κ2) is 9.35. The molecule has 0 aliphatic carbocycles. The molecule has 4 rings (SSSR count). The van der Waals surface area contributed by atoms with Gasteiger partial charge in [-0.3, -0.25) is 4.79 Å². The van der Waals surface area contributed by atoms with Crippen LogP contribution >= 0.6 is 0 Å². The van der Waals surface area contributed by atoms with E-state index in [-0.39, 0.29) is 35.0 Å². The molecule has 0 spiro atoms. The first-order valence-corrected chi connectivity index (χ1v) is 10.2. The van der Waals surface area contributed by atoms with Gasteiger partial charge >= 0.3 is 6.16 Å². The Morgan fingerprint density at radius 3 is 2.41 bits per heavy atom. The Balaban J connectivity index is 1.56. The average Bonchev–Trinajstić information content (AvgIpc) is 2.78. The van der Waals surface area contributed by atoms with Crippen LogP contribution < -0.4 is 9.47 Å². The first-order chi connectivity index (χ1) is 16.1. The zero-order chi connectivity index (χ0) is 24.6. The molecule has 2 aliphatic heterocycles. The quantitative estimate of drug-likeness (QED) is 0.330. The molecule has 0 unspecified atom stereocenters. The number of benzene rings is 2. The van der Waals surface area contributed by atoms with Crippen LogP contribution in [0.2, 0.25) is 0 Å². The van der Waals surface area contributed by atoms with Gasteiger partial charge in [0, 0.05) is 12.1 Å². The number of aliphatic hydroxyl groups is 3. The zero-order valence-electron chi connectivity index (χ0n) is 17.5. The molecule has 2 heterocycles. The van der Waals surface area contributed by atoms with Gasteiger partial charge in [0.15, 0.2) is 5.78 Å². The van der Waals surface area contributed by atoms with Crippen LogP contribution in [-0.4, -0.2) is 79.9 Å². The highest BCUT2D eigenvalue weighted by Crippen LogP contribution is 2.42. The zero-order valence-corrected chi connectivity index (χ0v) is 17.5. The number of Topliss-reactive ketones (excluding diaryl/α,β-unsaturated/α-hetero) is 1. The van der Waals surface area contributed by atoms with Gasteiger partial charge < -0.3 is 49.6 Å². The molecule has 1 fully saturated rings. The predicted octanol–water partition coefficient (Wildman–Crippen LogP) is 0.685. The molecule has 2 aromatic rings. The highest BCUT2D eigenvalue weighted by Gasteiger charge is 2.45. The molecule has 0 amide bonds. The molecule has 34 heavy (non-hydrogen) atoms. The number of fused-ring (bicyclic) bond motifs is 1. The number of hydrogen-bond acceptors (Lipinski definition) is 11. The largest absolute Gasteiger partial charge is 0.508 e. The third-order valence-electron chi connectivity index (χ3n) is 5.53. The number of carbonyl (C=O) groups is 2. The number of phenols is 2. The number of aromatic hydroxyl groups is 2. The molecule has 6 N–H and O–H groups in total. The lowest BCUT2D eigenvalue weighted by Gasteiger charge is -2.39. The first kappa shape index (κ1) is 23.6. The van der Waals surface area contributed by atoms with E-state index in [1.807, 2.05) is 0 Å². The van der Waals surface area contributed by atoms with E-state index in [0.717, 1.165) is 6.07 Å². The van der Waals surface area contributed by atoms with E-state index < -0.39 is 55.3 Å². The topological polar surface area (TPSA) is 192 Å². The van der Waals surface area contributed by atoms with Crippen molar-refractivity contribution < 1.29 is 59.2 Å². The Bertz CT molecular complexity index is 1070. The van der Waals surface area contributed by atoms with Crippen molar-refractivity contribution in [3.63, 3.8) is 0 Å². The SMILES string of the molecule is O=C(O)OC[C@H]1O[C@@H](Oc2cc(O)c3c(c2)O[C@@H](c2ccc(O)cc2)CC3=O)[C@H](O)[C@@H](O)[C@@H]1O. The Hall–Kier alpha value is -3.58. The molecule has 2 aromatic carbocycles. The number of ether oxygens (including phenoxy) is 4. The lowest BCUT2D eigenvalue weighted by Crippen LogP contribution is -2.60. The Morgan fingerprint density at radius 2 is 1.74 bits per heavy atom. The summed E-state index contributed by atoms with van der Waals surface area (Å²) in [4.78, 5) is 23.3. The van der Waals surface area contributed by atoms with Crippen molar-refractivity contribution in [3.05, 3.63) is 47.5 Å². The van der Waals surface area contributed by atoms with E-state index >= 15 is 0 Å². The van der Waals surface area contributed by atoms with Crippen molar-refractivity contribution >= 4 is 11.9 Å². The maximum absolute atomic E-state index is 12.6. The molecule has 12 heteroatoms. The van der Waals surface area contributed by atoms with Crippen molar-refractivity contribution in [2.45, 2.75) is 43.2 Å². The normalized spacial score (nSPS) is 28.5. The minimum atomic E-state index is -1.75. The number of aliphatic hydroxyl groups excluding tert-OH is 3. The minimum absolute atomic E-state index is 0.000896. The third kappa shape index (κ3) is 4.70. The molecule has 0 bridgehead atoms. The molecular weight excluding hydrogens is 456 g/mol. The fraction of sp³-hybridized carbons (Fsp3) is 0.364. The highest BCUT2D eigenvalue weighted by molar-refractivity contribution is 6.02. The number of phenolic OH excluding ortho intramolecular Hbond substituents is 2. The van der Waals surface area contributed by atoms with Crippen LogP contribution in [-0.2, 0) is 9.47 Å². The summed E-state index contributed by atoms with van der Waals surface area (Å²) in [6.07, 6.45) is -10.4. The van der Waals surface area contributed by atoms with Crippen molar-refractivity contribution in [2.75, 3.05) is 6.61 Å². The summed E-state index contributed by atoms with van der Waals surface area (Å²) < 4.78 is 21.1. The second-order valence-corrected chi connectivity index (χ2v) is 7.85. The smallest absolute Gasteiger partial charge is 0.505 e. The van der Waals surface area contributed by atoms with E-state index in [2.05, 4.69) is 4.74 Å². The maximum Gasteiger partial charge on any atom is 0.505 e. The van der Waals surface area contributed by atoms with Gasteiger partial charge in [-0.25, -0.2) is 4.79 Å². The van der Waals surface area contributed by atoms with Crippen molar-refractivity contribution in [1.82, 2.24) is 0 Å². The monoisotopic (exact) mass is 478 g/mol. The van der Waals surface area contributed by atoms with E-state index in [1.165, 1.54) is 18.2 Å². The molecule has 0 saturated carbocycles. The Kier molecular flexibility index (Phi) is 6.48. The fourth-order valence-corrected chi connectivity index (χ4v) is 3.80. The lowest BCUT2D eigenvalue weighted by molar-refractivity contribution is -0.277. The average molecular weight is 478 g/mol. The number of rotatable bonds is 5. The van der Waals surface area contributed by atoms with Crippen molar-refractivity contribution in [3.8, 4) is 23.0 Å². The highest BCUT2D eigenvalue weighted by atomic mass is 16.7. The third-order valence-corrected chi connectivity index (χ3v) is 5.53. The molecule has 6 atom stereocenters. The summed E-state index contributed by atoms with van der Waals surface area (Å²) in [5.41, 5.74) is 0.558. The Morgan fingerprint density at radius 1 is 1.03 bits per heavy atom. The summed E-state index contributed by atoms with van der Waals surface area (Å²) in [5, 5.41) is 58.9. The maximum atomic E-state index is 12.6. The summed E-state index contributed by atoms with van der Waals surface area (Å²) in [6.45, 7) is -0.637. The standard InChI is InChI=1S/C22H22O12/c23-10-3-1-9(2-4-10)14-7-13(25)17-12(24)5-11(6-15(17)33-14)32-21-20(28)19(27)18(26)16(34-21)8-31-22(29)30/h1-6,14,16,18-21,23-24,26-28H,7-8H2,(H,29,30)/t14-,16-,18-,19+,20-,21-/m1/s1. The van der Waals surface area contributed by atoms with Gasteiger partial charge in [-0.1, -0.05) is 12.1 Å². The molecule has 182 valence electrons. The van der Waals surface area contributed by atoms with Gasteiger partial charge in [-0.05, 0) is 17.7 Å². The van der Waals surface area contributed by atoms with Gasteiger partial charge in [0.2, 0.25) is 6.29 Å². The van der Waals surface area contributed by atoms with E-state index in [4.69, 9.17) is 19.3 Å². The first-order valence-electron chi connectivity index (χ1n) is 10.2. The van der Waals surface area contributed by atoms with Gasteiger partial charge in [0.25, 0.3) is 0 Å². The lowest BCUT2D eigenvalue weighted by atomic mass is 9.95. The summed E-state index contributed by atoms with van der Waals surface area (Å²) in [6, 6.07) is 8.46. The van der Waals surface area contributed by atoms with Gasteiger partial charge in [0.05, 0.1) is 6.42 Å².